The van der Waals surface area contributed by atoms with Gasteiger partial charge in [0.25, 0.3) is 11.8 Å². The van der Waals surface area contributed by atoms with E-state index in [9.17, 15) is 9.59 Å². The molecule has 0 saturated carbocycles. The lowest BCUT2D eigenvalue weighted by Crippen LogP contribution is -2.47. The molecular formula is C22H23ClN4O3. The summed E-state index contributed by atoms with van der Waals surface area (Å²) in [6.45, 7) is 7.28. The van der Waals surface area contributed by atoms with Crippen molar-refractivity contribution in [2.24, 2.45) is 0 Å². The van der Waals surface area contributed by atoms with Gasteiger partial charge in [0.1, 0.15) is 5.75 Å². The van der Waals surface area contributed by atoms with Gasteiger partial charge in [0, 0.05) is 5.02 Å². The Morgan fingerprint density at radius 1 is 1.10 bits per heavy atom. The number of aromatic nitrogens is 2. The van der Waals surface area contributed by atoms with E-state index in [0.717, 1.165) is 16.8 Å². The van der Waals surface area contributed by atoms with Gasteiger partial charge in [-0.15, -0.1) is 0 Å². The fourth-order valence-electron chi connectivity index (χ4n) is 2.88. The fraction of sp³-hybridized carbons (Fsp3) is 0.227. The Hall–Kier alpha value is -3.32. The van der Waals surface area contributed by atoms with Crippen LogP contribution in [0, 0.1) is 20.8 Å². The van der Waals surface area contributed by atoms with E-state index >= 15 is 0 Å². The van der Waals surface area contributed by atoms with Gasteiger partial charge in [-0.05, 0) is 63.1 Å². The van der Waals surface area contributed by atoms with E-state index < -0.39 is 17.9 Å². The number of carbonyl (C=O) groups is 2. The highest BCUT2D eigenvalue weighted by molar-refractivity contribution is 6.30. The summed E-state index contributed by atoms with van der Waals surface area (Å²) in [7, 11) is 0. The molecule has 3 aromatic rings. The van der Waals surface area contributed by atoms with Crippen LogP contribution >= 0.6 is 11.6 Å². The third-order valence-electron chi connectivity index (χ3n) is 4.83. The second kappa shape index (κ2) is 9.00. The van der Waals surface area contributed by atoms with Crippen LogP contribution in [0.2, 0.25) is 5.02 Å². The van der Waals surface area contributed by atoms with Gasteiger partial charge in [0.05, 0.1) is 23.1 Å². The Kier molecular flexibility index (Phi) is 6.42. The Balaban J connectivity index is 1.63. The molecule has 0 fully saturated rings. The minimum absolute atomic E-state index is 0.332. The molecule has 8 heteroatoms. The summed E-state index contributed by atoms with van der Waals surface area (Å²) in [6, 6.07) is 12.8. The molecule has 0 aliphatic rings. The molecule has 1 unspecified atom stereocenters. The maximum absolute atomic E-state index is 12.5. The van der Waals surface area contributed by atoms with Crippen LogP contribution in [0.3, 0.4) is 0 Å². The molecule has 0 bridgehead atoms. The summed E-state index contributed by atoms with van der Waals surface area (Å²) >= 11 is 6.03. The first kappa shape index (κ1) is 21.4. The van der Waals surface area contributed by atoms with Crippen molar-refractivity contribution in [1.29, 1.82) is 0 Å². The summed E-state index contributed by atoms with van der Waals surface area (Å²) in [5.74, 6) is -0.320. The van der Waals surface area contributed by atoms with Crippen LogP contribution in [0.4, 0.5) is 0 Å². The predicted molar refractivity (Wildman–Crippen MR) is 115 cm³/mol. The average molecular weight is 427 g/mol. The van der Waals surface area contributed by atoms with Crippen molar-refractivity contribution in [3.05, 3.63) is 76.1 Å². The number of nitrogens with zero attached hydrogens (tertiary/aromatic N) is 2. The average Bonchev–Trinajstić information content (AvgIpc) is 3.10. The van der Waals surface area contributed by atoms with E-state index in [2.05, 4.69) is 16.0 Å². The Bertz CT molecular complexity index is 1090. The third-order valence-corrected chi connectivity index (χ3v) is 5.07. The van der Waals surface area contributed by atoms with Crippen LogP contribution in [-0.4, -0.2) is 27.7 Å². The van der Waals surface area contributed by atoms with E-state index in [-0.39, 0.29) is 0 Å². The second-order valence-electron chi connectivity index (χ2n) is 6.94. The molecular weight excluding hydrogens is 404 g/mol. The number of hydrogen-bond donors (Lipinski definition) is 2. The fourth-order valence-corrected chi connectivity index (χ4v) is 3.07. The van der Waals surface area contributed by atoms with Gasteiger partial charge in [-0.25, -0.2) is 4.68 Å². The van der Waals surface area contributed by atoms with Gasteiger partial charge >= 0.3 is 0 Å². The highest BCUT2D eigenvalue weighted by Crippen LogP contribution is 2.22. The number of nitrogens with one attached hydrogen (secondary N) is 2. The number of ether oxygens (including phenoxy) is 1. The zero-order chi connectivity index (χ0) is 21.8. The minimum atomic E-state index is -0.791. The number of halogens is 1. The van der Waals surface area contributed by atoms with Crippen molar-refractivity contribution in [3.63, 3.8) is 0 Å². The third kappa shape index (κ3) is 4.63. The van der Waals surface area contributed by atoms with Crippen molar-refractivity contribution < 1.29 is 14.3 Å². The molecule has 7 nitrogen and oxygen atoms in total. The van der Waals surface area contributed by atoms with Gasteiger partial charge in [0.15, 0.2) is 6.10 Å². The van der Waals surface area contributed by atoms with E-state index in [4.69, 9.17) is 16.3 Å². The minimum Gasteiger partial charge on any atom is -0.481 e. The van der Waals surface area contributed by atoms with Crippen molar-refractivity contribution in [2.75, 3.05) is 0 Å². The first-order valence-electron chi connectivity index (χ1n) is 9.41. The van der Waals surface area contributed by atoms with Crippen molar-refractivity contribution in [3.8, 4) is 11.4 Å². The molecule has 2 N–H and O–H groups in total. The quantitative estimate of drug-likeness (QED) is 0.609. The topological polar surface area (TPSA) is 85.2 Å². The molecule has 0 saturated heterocycles. The Labute approximate surface area is 180 Å². The first-order valence-corrected chi connectivity index (χ1v) is 9.79. The molecule has 0 aliphatic carbocycles. The van der Waals surface area contributed by atoms with E-state index in [1.54, 1.807) is 42.8 Å². The van der Waals surface area contributed by atoms with Crippen LogP contribution in [0.5, 0.6) is 5.75 Å². The van der Waals surface area contributed by atoms with Crippen molar-refractivity contribution >= 4 is 23.4 Å². The van der Waals surface area contributed by atoms with Gasteiger partial charge in [-0.1, -0.05) is 29.8 Å². The second-order valence-corrected chi connectivity index (χ2v) is 7.37. The normalized spacial score (nSPS) is 11.6. The summed E-state index contributed by atoms with van der Waals surface area (Å²) in [4.78, 5) is 24.9. The molecule has 2 aromatic carbocycles. The standard InChI is InChI=1S/C22H23ClN4O3/c1-13-7-5-10-20(14(13)2)30-16(4)21(28)25-26-22(29)19-12-24-27(15(19)3)18-9-6-8-17(23)11-18/h5-12,16H,1-4H3,(H,25,28)(H,26,29). The van der Waals surface area contributed by atoms with Gasteiger partial charge in [-0.2, -0.15) is 5.10 Å². The molecule has 1 atom stereocenters. The molecule has 0 aliphatic heterocycles. The number of hydrogen-bond acceptors (Lipinski definition) is 4. The van der Waals surface area contributed by atoms with E-state index in [1.165, 1.54) is 6.20 Å². The number of benzene rings is 2. The number of rotatable bonds is 5. The van der Waals surface area contributed by atoms with Crippen LogP contribution in [-0.2, 0) is 4.79 Å². The Morgan fingerprint density at radius 3 is 2.57 bits per heavy atom. The van der Waals surface area contributed by atoms with Crippen LogP contribution in [0.1, 0.15) is 34.1 Å². The zero-order valence-corrected chi connectivity index (χ0v) is 17.9. The lowest BCUT2D eigenvalue weighted by Gasteiger charge is -2.17. The van der Waals surface area contributed by atoms with Crippen LogP contribution < -0.4 is 15.6 Å². The van der Waals surface area contributed by atoms with Crippen LogP contribution in [0.15, 0.2) is 48.7 Å². The zero-order valence-electron chi connectivity index (χ0n) is 17.2. The largest absolute Gasteiger partial charge is 0.481 e. The molecule has 3 rings (SSSR count). The van der Waals surface area contributed by atoms with Gasteiger partial charge in [-0.3, -0.25) is 20.4 Å². The molecule has 30 heavy (non-hydrogen) atoms. The molecule has 2 amide bonds. The molecule has 1 aromatic heterocycles. The predicted octanol–water partition coefficient (Wildman–Crippen LogP) is 3.68. The van der Waals surface area contributed by atoms with Gasteiger partial charge in [0.2, 0.25) is 0 Å². The summed E-state index contributed by atoms with van der Waals surface area (Å²) < 4.78 is 7.34. The number of amides is 2. The van der Waals surface area contributed by atoms with E-state index in [0.29, 0.717) is 22.0 Å². The molecule has 1 heterocycles. The number of carbonyl (C=O) groups excluding carboxylic acids is 2. The highest BCUT2D eigenvalue weighted by atomic mass is 35.5. The highest BCUT2D eigenvalue weighted by Gasteiger charge is 2.19. The summed E-state index contributed by atoms with van der Waals surface area (Å²) in [5, 5.41) is 4.81. The van der Waals surface area contributed by atoms with E-state index in [1.807, 2.05) is 32.0 Å². The van der Waals surface area contributed by atoms with Crippen LogP contribution in [0.25, 0.3) is 5.69 Å². The molecule has 0 radical (unpaired) electrons. The maximum atomic E-state index is 12.5. The van der Waals surface area contributed by atoms with Crippen molar-refractivity contribution in [1.82, 2.24) is 20.6 Å². The lowest BCUT2D eigenvalue weighted by atomic mass is 10.1. The summed E-state index contributed by atoms with van der Waals surface area (Å²) in [6.07, 6.45) is 0.648. The Morgan fingerprint density at radius 2 is 1.83 bits per heavy atom. The molecule has 0 spiro atoms. The smallest absolute Gasteiger partial charge is 0.279 e. The van der Waals surface area contributed by atoms with Crippen molar-refractivity contribution in [2.45, 2.75) is 33.8 Å². The van der Waals surface area contributed by atoms with Gasteiger partial charge < -0.3 is 4.74 Å². The molecule has 156 valence electrons. The number of hydrazine groups is 1. The number of aryl methyl sites for hydroxylation is 1. The lowest BCUT2D eigenvalue weighted by molar-refractivity contribution is -0.128. The monoisotopic (exact) mass is 426 g/mol. The summed E-state index contributed by atoms with van der Waals surface area (Å²) in [5.41, 5.74) is 8.52. The SMILES string of the molecule is Cc1cccc(OC(C)C(=O)NNC(=O)c2cnn(-c3cccc(Cl)c3)c2C)c1C. The maximum Gasteiger partial charge on any atom is 0.279 e. The first-order chi connectivity index (χ1) is 14.3.